The average Bonchev–Trinajstić information content (AvgIpc) is 2.28. The number of nitrogens with zero attached hydrogens (tertiary/aromatic N) is 1. The molecule has 1 unspecified atom stereocenters. The molecule has 2 N–H and O–H groups in total. The van der Waals surface area contributed by atoms with Crippen LogP contribution in [0.5, 0.6) is 5.75 Å². The van der Waals surface area contributed by atoms with Crippen molar-refractivity contribution in [3.8, 4) is 5.75 Å². The van der Waals surface area contributed by atoms with Crippen LogP contribution in [0.15, 0.2) is 30.0 Å². The molecule has 1 atom stereocenters. The summed E-state index contributed by atoms with van der Waals surface area (Å²) in [7, 11) is 0. The zero-order valence-corrected chi connectivity index (χ0v) is 9.06. The highest BCUT2D eigenvalue weighted by Crippen LogP contribution is 2.37. The number of aliphatic hydroxyl groups is 1. The fourth-order valence-electron chi connectivity index (χ4n) is 2.71. The van der Waals surface area contributed by atoms with E-state index in [2.05, 4.69) is 4.90 Å². The van der Waals surface area contributed by atoms with E-state index >= 15 is 0 Å². The maximum absolute atomic E-state index is 9.61. The summed E-state index contributed by atoms with van der Waals surface area (Å²) in [5.74, 6) is 0.824. The van der Waals surface area contributed by atoms with Crippen molar-refractivity contribution >= 4 is 0 Å². The van der Waals surface area contributed by atoms with E-state index in [-0.39, 0.29) is 6.04 Å². The summed E-state index contributed by atoms with van der Waals surface area (Å²) in [6, 6.07) is 5.86. The van der Waals surface area contributed by atoms with Crippen molar-refractivity contribution in [2.24, 2.45) is 0 Å². The largest absolute Gasteiger partial charge is 0.513 e. The Morgan fingerprint density at radius 1 is 1.25 bits per heavy atom. The van der Waals surface area contributed by atoms with Gasteiger partial charge in [0.2, 0.25) is 0 Å². The lowest BCUT2D eigenvalue weighted by molar-refractivity contribution is 0.168. The first-order valence-electron chi connectivity index (χ1n) is 5.68. The number of phenols is 1. The Morgan fingerprint density at radius 3 is 3.00 bits per heavy atom. The van der Waals surface area contributed by atoms with Gasteiger partial charge in [-0.15, -0.1) is 0 Å². The van der Waals surface area contributed by atoms with Gasteiger partial charge in [-0.25, -0.2) is 0 Å². The minimum atomic E-state index is 0.286. The number of hydrogen-bond acceptors (Lipinski definition) is 3. The molecule has 0 amide bonds. The molecule has 2 heterocycles. The molecule has 0 saturated carbocycles. The average molecular weight is 217 g/mol. The minimum Gasteiger partial charge on any atom is -0.513 e. The van der Waals surface area contributed by atoms with Crippen LogP contribution in [0.1, 0.15) is 23.6 Å². The molecule has 1 aromatic rings. The van der Waals surface area contributed by atoms with Gasteiger partial charge in [0.05, 0.1) is 5.76 Å². The van der Waals surface area contributed by atoms with Gasteiger partial charge < -0.3 is 10.2 Å². The van der Waals surface area contributed by atoms with E-state index in [4.69, 9.17) is 0 Å². The van der Waals surface area contributed by atoms with Gasteiger partial charge in [0.15, 0.2) is 0 Å². The summed E-state index contributed by atoms with van der Waals surface area (Å²) in [6.45, 7) is 1.84. The van der Waals surface area contributed by atoms with E-state index in [1.165, 1.54) is 11.1 Å². The molecule has 1 aromatic carbocycles. The molecule has 16 heavy (non-hydrogen) atoms. The molecule has 0 fully saturated rings. The van der Waals surface area contributed by atoms with E-state index in [1.807, 2.05) is 18.2 Å². The number of rotatable bonds is 0. The third-order valence-electron chi connectivity index (χ3n) is 3.56. The van der Waals surface area contributed by atoms with Crippen molar-refractivity contribution < 1.29 is 10.2 Å². The number of benzene rings is 1. The van der Waals surface area contributed by atoms with Crippen LogP contribution in [0.25, 0.3) is 0 Å². The summed E-state index contributed by atoms with van der Waals surface area (Å²) in [4.78, 5) is 2.37. The topological polar surface area (TPSA) is 43.7 Å². The van der Waals surface area contributed by atoms with Crippen LogP contribution in [-0.2, 0) is 6.42 Å². The smallest absolute Gasteiger partial charge is 0.115 e. The number of phenolic OH excluding ortho intramolecular Hbond substituents is 1. The Morgan fingerprint density at radius 2 is 2.12 bits per heavy atom. The summed E-state index contributed by atoms with van der Waals surface area (Å²) < 4.78 is 0. The fourth-order valence-corrected chi connectivity index (χ4v) is 2.71. The van der Waals surface area contributed by atoms with E-state index in [0.29, 0.717) is 17.9 Å². The summed E-state index contributed by atoms with van der Waals surface area (Å²) in [5, 5.41) is 19.1. The summed E-state index contributed by atoms with van der Waals surface area (Å²) in [6.07, 6.45) is 3.56. The molecule has 3 rings (SSSR count). The van der Waals surface area contributed by atoms with Crippen LogP contribution < -0.4 is 0 Å². The van der Waals surface area contributed by atoms with Crippen molar-refractivity contribution in [1.82, 2.24) is 4.90 Å². The lowest BCUT2D eigenvalue weighted by Gasteiger charge is -2.39. The van der Waals surface area contributed by atoms with E-state index in [9.17, 15) is 10.2 Å². The number of fused-ring (bicyclic) bond motifs is 3. The highest BCUT2D eigenvalue weighted by Gasteiger charge is 2.29. The number of aromatic hydroxyl groups is 1. The van der Waals surface area contributed by atoms with Crippen molar-refractivity contribution in [1.29, 1.82) is 0 Å². The van der Waals surface area contributed by atoms with Crippen LogP contribution in [0, 0.1) is 0 Å². The highest BCUT2D eigenvalue weighted by atomic mass is 16.3. The maximum Gasteiger partial charge on any atom is 0.115 e. The first-order valence-corrected chi connectivity index (χ1v) is 5.68. The van der Waals surface area contributed by atoms with Gasteiger partial charge in [-0.05, 0) is 35.8 Å². The molecular formula is C13H15NO2. The molecular weight excluding hydrogens is 202 g/mol. The first kappa shape index (κ1) is 9.73. The van der Waals surface area contributed by atoms with Crippen molar-refractivity contribution in [3.63, 3.8) is 0 Å². The van der Waals surface area contributed by atoms with Crippen molar-refractivity contribution in [2.45, 2.75) is 18.9 Å². The Hall–Kier alpha value is -1.48. The number of aliphatic hydroxyl groups excluding tert-OH is 1. The highest BCUT2D eigenvalue weighted by molar-refractivity contribution is 5.39. The van der Waals surface area contributed by atoms with Crippen LogP contribution in [0.3, 0.4) is 0 Å². The third kappa shape index (κ3) is 1.48. The molecule has 2 aliphatic heterocycles. The monoisotopic (exact) mass is 217 g/mol. The zero-order valence-electron chi connectivity index (χ0n) is 9.06. The molecule has 0 radical (unpaired) electrons. The first-order chi connectivity index (χ1) is 7.74. The SMILES string of the molecule is OC1=CCN2CCc3cc(O)ccc3C2C1. The molecule has 0 aliphatic carbocycles. The zero-order chi connectivity index (χ0) is 11.1. The Bertz CT molecular complexity index is 453. The Balaban J connectivity index is 2.02. The van der Waals surface area contributed by atoms with E-state index < -0.39 is 0 Å². The minimum absolute atomic E-state index is 0.286. The second-order valence-electron chi connectivity index (χ2n) is 4.54. The lowest BCUT2D eigenvalue weighted by atomic mass is 9.88. The van der Waals surface area contributed by atoms with Gasteiger partial charge in [0.25, 0.3) is 0 Å². The lowest BCUT2D eigenvalue weighted by Crippen LogP contribution is -2.38. The van der Waals surface area contributed by atoms with Crippen molar-refractivity contribution in [3.05, 3.63) is 41.2 Å². The van der Waals surface area contributed by atoms with Gasteiger partial charge in [-0.1, -0.05) is 6.07 Å². The van der Waals surface area contributed by atoms with Crippen LogP contribution in [0.4, 0.5) is 0 Å². The molecule has 0 spiro atoms. The third-order valence-corrected chi connectivity index (χ3v) is 3.56. The van der Waals surface area contributed by atoms with Gasteiger partial charge >= 0.3 is 0 Å². The van der Waals surface area contributed by atoms with Gasteiger partial charge in [-0.3, -0.25) is 4.90 Å². The van der Waals surface area contributed by atoms with E-state index in [0.717, 1.165) is 19.5 Å². The number of hydrogen-bond donors (Lipinski definition) is 2. The van der Waals surface area contributed by atoms with Gasteiger partial charge in [0.1, 0.15) is 5.75 Å². The Labute approximate surface area is 94.6 Å². The Kier molecular flexibility index (Phi) is 2.14. The molecule has 0 bridgehead atoms. The predicted octanol–water partition coefficient (Wildman–Crippen LogP) is 2.14. The molecule has 3 heteroatoms. The second-order valence-corrected chi connectivity index (χ2v) is 4.54. The second kappa shape index (κ2) is 3.52. The molecule has 2 aliphatic rings. The quantitative estimate of drug-likeness (QED) is 0.699. The summed E-state index contributed by atoms with van der Waals surface area (Å²) >= 11 is 0. The molecule has 84 valence electrons. The molecule has 3 nitrogen and oxygen atoms in total. The van der Waals surface area contributed by atoms with Crippen LogP contribution in [0.2, 0.25) is 0 Å². The fraction of sp³-hybridized carbons (Fsp3) is 0.385. The van der Waals surface area contributed by atoms with Gasteiger partial charge in [-0.2, -0.15) is 0 Å². The standard InChI is InChI=1S/C13H15NO2/c15-10-1-2-12-9(7-10)3-5-14-6-4-11(16)8-13(12)14/h1-2,4,7,13,15-16H,3,5-6,8H2. The molecule has 0 saturated heterocycles. The van der Waals surface area contributed by atoms with Gasteiger partial charge in [0, 0.05) is 25.6 Å². The maximum atomic E-state index is 9.61. The van der Waals surface area contributed by atoms with Crippen LogP contribution in [-0.4, -0.2) is 28.2 Å². The van der Waals surface area contributed by atoms with Crippen LogP contribution >= 0.6 is 0 Å². The molecule has 0 aromatic heterocycles. The normalized spacial score (nSPS) is 24.5. The summed E-state index contributed by atoms with van der Waals surface area (Å²) in [5.41, 5.74) is 2.47. The predicted molar refractivity (Wildman–Crippen MR) is 61.5 cm³/mol. The van der Waals surface area contributed by atoms with Crippen molar-refractivity contribution in [2.75, 3.05) is 13.1 Å². The van der Waals surface area contributed by atoms with E-state index in [1.54, 1.807) is 6.07 Å².